The van der Waals surface area contributed by atoms with Crippen LogP contribution in [0.2, 0.25) is 0 Å². The first-order valence-corrected chi connectivity index (χ1v) is 8.36. The summed E-state index contributed by atoms with van der Waals surface area (Å²) in [6.07, 6.45) is 5.41. The summed E-state index contributed by atoms with van der Waals surface area (Å²) in [7, 11) is 0. The van der Waals surface area contributed by atoms with E-state index in [0.29, 0.717) is 12.1 Å². The van der Waals surface area contributed by atoms with Gasteiger partial charge in [-0.1, -0.05) is 24.1 Å². The molecule has 0 saturated carbocycles. The van der Waals surface area contributed by atoms with Gasteiger partial charge < -0.3 is 9.73 Å². The van der Waals surface area contributed by atoms with Crippen LogP contribution in [-0.4, -0.2) is 30.4 Å². The predicted molar refractivity (Wildman–Crippen MR) is 90.4 cm³/mol. The molecule has 0 aliphatic carbocycles. The second kappa shape index (κ2) is 7.47. The minimum atomic E-state index is -0.0257. The largest absolute Gasteiger partial charge is 0.468 e. The number of carbonyl (C=O) groups excluding carboxylic acids is 1. The summed E-state index contributed by atoms with van der Waals surface area (Å²) in [5.74, 6) is 0.902. The second-order valence-corrected chi connectivity index (χ2v) is 6.21. The topological polar surface area (TPSA) is 45.5 Å². The van der Waals surface area contributed by atoms with Gasteiger partial charge in [0.25, 0.3) is 5.91 Å². The van der Waals surface area contributed by atoms with Crippen molar-refractivity contribution in [2.75, 3.05) is 19.6 Å². The van der Waals surface area contributed by atoms with Crippen LogP contribution in [0.4, 0.5) is 0 Å². The first-order valence-electron chi connectivity index (χ1n) is 8.36. The van der Waals surface area contributed by atoms with Crippen LogP contribution in [0.5, 0.6) is 0 Å². The molecule has 1 N–H and O–H groups in total. The molecule has 2 aromatic rings. The number of nitrogens with one attached hydrogen (secondary N) is 1. The molecule has 0 spiro atoms. The highest BCUT2D eigenvalue weighted by Gasteiger charge is 2.25. The Balaban J connectivity index is 1.67. The Morgan fingerprint density at radius 2 is 2.04 bits per heavy atom. The normalized spacial score (nSPS) is 16.9. The molecule has 3 rings (SSSR count). The molecule has 1 saturated heterocycles. The van der Waals surface area contributed by atoms with E-state index >= 15 is 0 Å². The summed E-state index contributed by atoms with van der Waals surface area (Å²) in [4.78, 5) is 14.8. The lowest BCUT2D eigenvalue weighted by atomic mass is 10.1. The number of rotatable bonds is 5. The molecular formula is C19H24N2O2. The van der Waals surface area contributed by atoms with Crippen molar-refractivity contribution in [3.8, 4) is 0 Å². The lowest BCUT2D eigenvalue weighted by Crippen LogP contribution is -2.40. The Morgan fingerprint density at radius 3 is 2.74 bits per heavy atom. The molecule has 1 amide bonds. The molecule has 1 aromatic carbocycles. The average molecular weight is 312 g/mol. The Morgan fingerprint density at radius 1 is 1.22 bits per heavy atom. The van der Waals surface area contributed by atoms with E-state index in [2.05, 4.69) is 10.2 Å². The van der Waals surface area contributed by atoms with E-state index in [4.69, 9.17) is 4.42 Å². The quantitative estimate of drug-likeness (QED) is 0.918. The maximum atomic E-state index is 12.4. The first kappa shape index (κ1) is 15.8. The van der Waals surface area contributed by atoms with Crippen LogP contribution in [0.25, 0.3) is 0 Å². The van der Waals surface area contributed by atoms with E-state index in [1.807, 2.05) is 43.3 Å². The Hall–Kier alpha value is -2.07. The van der Waals surface area contributed by atoms with Crippen molar-refractivity contribution in [2.24, 2.45) is 0 Å². The van der Waals surface area contributed by atoms with Crippen LogP contribution in [-0.2, 0) is 0 Å². The number of likely N-dealkylation sites (tertiary alicyclic amines) is 1. The lowest BCUT2D eigenvalue weighted by molar-refractivity contribution is 0.0914. The third-order valence-corrected chi connectivity index (χ3v) is 4.44. The molecule has 0 radical (unpaired) electrons. The Labute approximate surface area is 137 Å². The second-order valence-electron chi connectivity index (χ2n) is 6.21. The number of furan rings is 1. The van der Waals surface area contributed by atoms with E-state index in [1.54, 1.807) is 6.26 Å². The first-order chi connectivity index (χ1) is 11.2. The van der Waals surface area contributed by atoms with Gasteiger partial charge in [-0.15, -0.1) is 0 Å². The third kappa shape index (κ3) is 4.02. The Bertz CT molecular complexity index is 631. The smallest absolute Gasteiger partial charge is 0.251 e. The van der Waals surface area contributed by atoms with E-state index < -0.39 is 0 Å². The fourth-order valence-electron chi connectivity index (χ4n) is 3.20. The Kier molecular flexibility index (Phi) is 5.13. The molecule has 122 valence electrons. The molecule has 1 aliphatic heterocycles. The molecule has 4 heteroatoms. The van der Waals surface area contributed by atoms with Crippen LogP contribution in [0.15, 0.2) is 47.1 Å². The van der Waals surface area contributed by atoms with Gasteiger partial charge in [0.1, 0.15) is 5.76 Å². The lowest BCUT2D eigenvalue weighted by Gasteiger charge is -2.33. The van der Waals surface area contributed by atoms with Crippen molar-refractivity contribution in [1.29, 1.82) is 0 Å². The minimum Gasteiger partial charge on any atom is -0.468 e. The maximum absolute atomic E-state index is 12.4. The van der Waals surface area contributed by atoms with Gasteiger partial charge in [0.2, 0.25) is 0 Å². The summed E-state index contributed by atoms with van der Waals surface area (Å²) in [5, 5.41) is 3.07. The van der Waals surface area contributed by atoms with Crippen LogP contribution in [0, 0.1) is 6.92 Å². The average Bonchev–Trinajstić information content (AvgIpc) is 3.10. The van der Waals surface area contributed by atoms with Gasteiger partial charge >= 0.3 is 0 Å². The van der Waals surface area contributed by atoms with Gasteiger partial charge in [-0.05, 0) is 57.1 Å². The molecular weight excluding hydrogens is 288 g/mol. The van der Waals surface area contributed by atoms with Gasteiger partial charge in [-0.3, -0.25) is 9.69 Å². The number of carbonyl (C=O) groups is 1. The number of benzene rings is 1. The van der Waals surface area contributed by atoms with Crippen molar-refractivity contribution in [1.82, 2.24) is 10.2 Å². The van der Waals surface area contributed by atoms with Crippen molar-refractivity contribution in [2.45, 2.75) is 32.2 Å². The monoisotopic (exact) mass is 312 g/mol. The molecule has 1 aliphatic rings. The number of hydrogen-bond donors (Lipinski definition) is 1. The van der Waals surface area contributed by atoms with Crippen LogP contribution in [0.1, 0.15) is 47.0 Å². The number of amides is 1. The zero-order valence-corrected chi connectivity index (χ0v) is 13.6. The summed E-state index contributed by atoms with van der Waals surface area (Å²) in [6, 6.07) is 11.7. The van der Waals surface area contributed by atoms with Crippen LogP contribution >= 0.6 is 0 Å². The maximum Gasteiger partial charge on any atom is 0.251 e. The highest BCUT2D eigenvalue weighted by molar-refractivity contribution is 5.94. The SMILES string of the molecule is Cc1cccc(C(=O)NCC(c2ccco2)N2CCCCC2)c1. The van der Waals surface area contributed by atoms with Gasteiger partial charge in [0.15, 0.2) is 0 Å². The van der Waals surface area contributed by atoms with Crippen molar-refractivity contribution >= 4 is 5.91 Å². The number of piperidine rings is 1. The molecule has 0 bridgehead atoms. The summed E-state index contributed by atoms with van der Waals surface area (Å²) >= 11 is 0. The van der Waals surface area contributed by atoms with E-state index in [0.717, 1.165) is 24.4 Å². The molecule has 1 atom stereocenters. The fraction of sp³-hybridized carbons (Fsp3) is 0.421. The number of aryl methyl sites for hydroxylation is 1. The molecule has 1 aromatic heterocycles. The van der Waals surface area contributed by atoms with Gasteiger partial charge in [0.05, 0.1) is 12.3 Å². The van der Waals surface area contributed by atoms with E-state index in [9.17, 15) is 4.79 Å². The molecule has 1 fully saturated rings. The van der Waals surface area contributed by atoms with Crippen molar-refractivity contribution in [3.63, 3.8) is 0 Å². The molecule has 4 nitrogen and oxygen atoms in total. The van der Waals surface area contributed by atoms with Gasteiger partial charge in [-0.2, -0.15) is 0 Å². The van der Waals surface area contributed by atoms with Gasteiger partial charge in [-0.25, -0.2) is 0 Å². The molecule has 1 unspecified atom stereocenters. The number of nitrogens with zero attached hydrogens (tertiary/aromatic N) is 1. The van der Waals surface area contributed by atoms with Gasteiger partial charge in [0, 0.05) is 12.1 Å². The van der Waals surface area contributed by atoms with E-state index in [1.165, 1.54) is 19.3 Å². The van der Waals surface area contributed by atoms with Crippen molar-refractivity contribution < 1.29 is 9.21 Å². The zero-order valence-electron chi connectivity index (χ0n) is 13.6. The van der Waals surface area contributed by atoms with Crippen molar-refractivity contribution in [3.05, 3.63) is 59.5 Å². The van der Waals surface area contributed by atoms with E-state index in [-0.39, 0.29) is 11.9 Å². The molecule has 23 heavy (non-hydrogen) atoms. The summed E-state index contributed by atoms with van der Waals surface area (Å²) in [6.45, 7) is 4.69. The summed E-state index contributed by atoms with van der Waals surface area (Å²) in [5.41, 5.74) is 1.80. The highest BCUT2D eigenvalue weighted by atomic mass is 16.3. The predicted octanol–water partition coefficient (Wildman–Crippen LogP) is 3.55. The summed E-state index contributed by atoms with van der Waals surface area (Å²) < 4.78 is 5.61. The van der Waals surface area contributed by atoms with Crippen LogP contribution in [0.3, 0.4) is 0 Å². The highest BCUT2D eigenvalue weighted by Crippen LogP contribution is 2.24. The zero-order chi connectivity index (χ0) is 16.1. The number of hydrogen-bond acceptors (Lipinski definition) is 3. The minimum absolute atomic E-state index is 0.0257. The molecule has 2 heterocycles. The fourth-order valence-corrected chi connectivity index (χ4v) is 3.20. The third-order valence-electron chi connectivity index (χ3n) is 4.44. The van der Waals surface area contributed by atoms with Crippen LogP contribution < -0.4 is 5.32 Å². The standard InChI is InChI=1S/C19H24N2O2/c1-15-7-5-8-16(13-15)19(22)20-14-17(18-9-6-12-23-18)21-10-3-2-4-11-21/h5-9,12-13,17H,2-4,10-11,14H2,1H3,(H,20,22).